The van der Waals surface area contributed by atoms with Crippen molar-refractivity contribution < 1.29 is 9.90 Å². The molecule has 7 nitrogen and oxygen atoms in total. The first kappa shape index (κ1) is 20.4. The molecule has 3 aliphatic rings. The van der Waals surface area contributed by atoms with Gasteiger partial charge in [-0.15, -0.1) is 0 Å². The number of hydrogen-bond donors (Lipinski definition) is 3. The highest BCUT2D eigenvalue weighted by Crippen LogP contribution is 2.41. The Bertz CT molecular complexity index is 1000. The van der Waals surface area contributed by atoms with Crippen LogP contribution in [-0.4, -0.2) is 39.8 Å². The number of pyridine rings is 2. The molecule has 4 atom stereocenters. The van der Waals surface area contributed by atoms with Crippen LogP contribution in [-0.2, 0) is 11.3 Å². The van der Waals surface area contributed by atoms with Gasteiger partial charge < -0.3 is 20.3 Å². The quantitative estimate of drug-likeness (QED) is 0.684. The second-order valence-corrected chi connectivity index (χ2v) is 9.20. The van der Waals surface area contributed by atoms with Crippen LogP contribution in [0.4, 0.5) is 0 Å². The van der Waals surface area contributed by atoms with Crippen LogP contribution in [0.15, 0.2) is 41.5 Å². The number of aromatic nitrogens is 2. The van der Waals surface area contributed by atoms with Gasteiger partial charge in [0.2, 0.25) is 5.91 Å². The molecule has 0 radical (unpaired) electrons. The van der Waals surface area contributed by atoms with Gasteiger partial charge in [-0.1, -0.05) is 25.3 Å². The lowest BCUT2D eigenvalue weighted by molar-refractivity contribution is -0.127. The highest BCUT2D eigenvalue weighted by molar-refractivity contribution is 5.80. The van der Waals surface area contributed by atoms with Crippen molar-refractivity contribution in [2.75, 3.05) is 13.2 Å². The molecule has 1 aliphatic carbocycles. The number of hydrogen-bond acceptors (Lipinski definition) is 5. The topological polar surface area (TPSA) is 96.2 Å². The van der Waals surface area contributed by atoms with Gasteiger partial charge >= 0.3 is 0 Å². The Morgan fingerprint density at radius 1 is 1.23 bits per heavy atom. The highest BCUT2D eigenvalue weighted by atomic mass is 16.3. The molecule has 3 N–H and O–H groups in total. The number of nitrogens with zero attached hydrogens (tertiary/aromatic N) is 2. The van der Waals surface area contributed by atoms with Crippen molar-refractivity contribution in [1.29, 1.82) is 0 Å². The zero-order chi connectivity index (χ0) is 21.4. The Kier molecular flexibility index (Phi) is 5.63. The molecule has 2 aromatic heterocycles. The molecule has 1 saturated heterocycles. The van der Waals surface area contributed by atoms with Crippen LogP contribution in [0.3, 0.4) is 0 Å². The van der Waals surface area contributed by atoms with Gasteiger partial charge in [0, 0.05) is 60.9 Å². The minimum absolute atomic E-state index is 0.0122. The minimum atomic E-state index is -0.379. The molecule has 31 heavy (non-hydrogen) atoms. The van der Waals surface area contributed by atoms with Gasteiger partial charge in [0.25, 0.3) is 5.56 Å². The zero-order valence-electron chi connectivity index (χ0n) is 17.7. The van der Waals surface area contributed by atoms with E-state index in [2.05, 4.69) is 15.6 Å². The van der Waals surface area contributed by atoms with E-state index < -0.39 is 0 Å². The van der Waals surface area contributed by atoms with Crippen LogP contribution >= 0.6 is 0 Å². The number of rotatable bonds is 5. The summed E-state index contributed by atoms with van der Waals surface area (Å²) in [5.41, 5.74) is 2.15. The molecule has 2 bridgehead atoms. The van der Waals surface area contributed by atoms with Crippen LogP contribution in [0.5, 0.6) is 0 Å². The summed E-state index contributed by atoms with van der Waals surface area (Å²) >= 11 is 0. The number of aliphatic hydroxyl groups is 1. The number of carbonyl (C=O) groups excluding carboxylic acids is 1. The molecule has 1 amide bonds. The molecule has 0 aromatic carbocycles. The second-order valence-electron chi connectivity index (χ2n) is 9.20. The normalized spacial score (nSPS) is 27.6. The summed E-state index contributed by atoms with van der Waals surface area (Å²) in [6.07, 6.45) is 9.50. The average Bonchev–Trinajstić information content (AvgIpc) is 3.12. The van der Waals surface area contributed by atoms with E-state index in [0.717, 1.165) is 11.3 Å². The SMILES string of the molecule is O=C(NCC1CCCCC1)[C@H]1[C@H](CO)[C@H]2Cn3c(ccc(-c4cccnc4)c3=O)[C@@H]1N2. The fraction of sp³-hybridized carbons (Fsp3) is 0.542. The monoisotopic (exact) mass is 422 g/mol. The third-order valence-corrected chi connectivity index (χ3v) is 7.41. The third kappa shape index (κ3) is 3.70. The number of nitrogens with one attached hydrogen (secondary N) is 2. The van der Waals surface area contributed by atoms with Gasteiger partial charge in [0.1, 0.15) is 0 Å². The summed E-state index contributed by atoms with van der Waals surface area (Å²) < 4.78 is 1.78. The summed E-state index contributed by atoms with van der Waals surface area (Å²) in [7, 11) is 0. The number of fused-ring (bicyclic) bond motifs is 4. The van der Waals surface area contributed by atoms with Crippen LogP contribution in [0.25, 0.3) is 11.1 Å². The van der Waals surface area contributed by atoms with E-state index in [1.54, 1.807) is 17.0 Å². The molecule has 4 heterocycles. The Morgan fingerprint density at radius 2 is 2.06 bits per heavy atom. The first-order chi connectivity index (χ1) is 15.2. The largest absolute Gasteiger partial charge is 0.396 e. The third-order valence-electron chi connectivity index (χ3n) is 7.41. The molecule has 7 heteroatoms. The van der Waals surface area contributed by atoms with Crippen molar-refractivity contribution in [2.45, 2.75) is 50.7 Å². The lowest BCUT2D eigenvalue weighted by Crippen LogP contribution is -2.43. The van der Waals surface area contributed by atoms with Crippen LogP contribution < -0.4 is 16.2 Å². The number of carbonyl (C=O) groups is 1. The van der Waals surface area contributed by atoms with E-state index in [0.29, 0.717) is 24.6 Å². The maximum atomic E-state index is 13.3. The van der Waals surface area contributed by atoms with E-state index in [9.17, 15) is 14.7 Å². The predicted molar refractivity (Wildman–Crippen MR) is 117 cm³/mol. The summed E-state index contributed by atoms with van der Waals surface area (Å²) in [6.45, 7) is 1.09. The van der Waals surface area contributed by atoms with Gasteiger partial charge in [-0.2, -0.15) is 0 Å². The van der Waals surface area contributed by atoms with Crippen molar-refractivity contribution in [3.8, 4) is 11.1 Å². The van der Waals surface area contributed by atoms with Crippen molar-refractivity contribution in [1.82, 2.24) is 20.2 Å². The van der Waals surface area contributed by atoms with E-state index in [-0.39, 0.29) is 42.0 Å². The van der Waals surface area contributed by atoms with E-state index >= 15 is 0 Å². The fourth-order valence-electron chi connectivity index (χ4n) is 5.74. The summed E-state index contributed by atoms with van der Waals surface area (Å²) in [6, 6.07) is 7.10. The Morgan fingerprint density at radius 3 is 2.81 bits per heavy atom. The molecular formula is C24H30N4O3. The maximum Gasteiger partial charge on any atom is 0.258 e. The lowest BCUT2D eigenvalue weighted by Gasteiger charge is -2.28. The number of amides is 1. The summed E-state index contributed by atoms with van der Waals surface area (Å²) in [5.74, 6) is -0.0497. The molecule has 164 valence electrons. The van der Waals surface area contributed by atoms with Crippen molar-refractivity contribution in [2.24, 2.45) is 17.8 Å². The Balaban J connectivity index is 1.42. The molecule has 0 spiro atoms. The first-order valence-electron chi connectivity index (χ1n) is 11.5. The number of aliphatic hydroxyl groups excluding tert-OH is 1. The molecular weight excluding hydrogens is 392 g/mol. The highest BCUT2D eigenvalue weighted by Gasteiger charge is 2.50. The summed E-state index contributed by atoms with van der Waals surface area (Å²) in [4.78, 5) is 30.6. The van der Waals surface area contributed by atoms with E-state index in [4.69, 9.17) is 0 Å². The smallest absolute Gasteiger partial charge is 0.258 e. The van der Waals surface area contributed by atoms with Crippen molar-refractivity contribution in [3.05, 3.63) is 52.7 Å². The van der Waals surface area contributed by atoms with Crippen LogP contribution in [0.2, 0.25) is 0 Å². The average molecular weight is 423 g/mol. The summed E-state index contributed by atoms with van der Waals surface area (Å²) in [5, 5.41) is 16.8. The van der Waals surface area contributed by atoms with Gasteiger partial charge in [-0.3, -0.25) is 14.6 Å². The van der Waals surface area contributed by atoms with Crippen molar-refractivity contribution >= 4 is 5.91 Å². The predicted octanol–water partition coefficient (Wildman–Crippen LogP) is 1.86. The lowest BCUT2D eigenvalue weighted by atomic mass is 9.85. The first-order valence-corrected chi connectivity index (χ1v) is 11.5. The maximum absolute atomic E-state index is 13.3. The molecule has 2 aromatic rings. The minimum Gasteiger partial charge on any atom is -0.396 e. The Labute approximate surface area is 181 Å². The fourth-order valence-corrected chi connectivity index (χ4v) is 5.74. The van der Waals surface area contributed by atoms with E-state index in [1.807, 2.05) is 24.3 Å². The molecule has 2 aliphatic heterocycles. The van der Waals surface area contributed by atoms with Gasteiger partial charge in [0.05, 0.1) is 12.0 Å². The van der Waals surface area contributed by atoms with Crippen molar-refractivity contribution in [3.63, 3.8) is 0 Å². The molecule has 2 fully saturated rings. The van der Waals surface area contributed by atoms with Gasteiger partial charge in [-0.25, -0.2) is 0 Å². The zero-order valence-corrected chi connectivity index (χ0v) is 17.7. The standard InChI is InChI=1S/C24H30N4O3/c29-14-18-19-13-28-20(9-8-17(24(28)31)16-7-4-10-25-12-16)22(27-19)21(18)23(30)26-11-15-5-2-1-3-6-15/h4,7-10,12,15,18-19,21-22,27,29H,1-3,5-6,11,13-14H2,(H,26,30)/t18-,19-,21+,22+/m1/s1. The van der Waals surface area contributed by atoms with Crippen LogP contribution in [0.1, 0.15) is 43.8 Å². The van der Waals surface area contributed by atoms with E-state index in [1.165, 1.54) is 32.1 Å². The Hall–Kier alpha value is -2.51. The molecule has 5 rings (SSSR count). The molecule has 0 unspecified atom stereocenters. The van der Waals surface area contributed by atoms with Gasteiger partial charge in [0.15, 0.2) is 0 Å². The molecule has 1 saturated carbocycles. The van der Waals surface area contributed by atoms with Gasteiger partial charge in [-0.05, 0) is 37.0 Å². The van der Waals surface area contributed by atoms with Crippen LogP contribution in [0, 0.1) is 17.8 Å². The second kappa shape index (κ2) is 8.55.